The smallest absolute Gasteiger partial charge is 0.333 e. The number of aromatic nitrogens is 5. The number of nitrogens with one attached hydrogen (secondary N) is 1. The highest BCUT2D eigenvalue weighted by Gasteiger charge is 2.21. The van der Waals surface area contributed by atoms with Crippen molar-refractivity contribution in [3.63, 3.8) is 0 Å². The number of nitriles is 1. The molecule has 1 aromatic carbocycles. The molecule has 7 heteroatoms. The molecule has 0 fully saturated rings. The van der Waals surface area contributed by atoms with Gasteiger partial charge in [-0.25, -0.2) is 9.78 Å². The number of imidazole rings is 1. The summed E-state index contributed by atoms with van der Waals surface area (Å²) >= 11 is 0. The number of benzene rings is 1. The van der Waals surface area contributed by atoms with Crippen LogP contribution >= 0.6 is 0 Å². The number of hydrogen-bond donors (Lipinski definition) is 1. The number of H-pyrrole nitrogens is 1. The maximum Gasteiger partial charge on any atom is 0.333 e. The molecule has 0 aliphatic carbocycles. The largest absolute Gasteiger partial charge is 0.346 e. The summed E-state index contributed by atoms with van der Waals surface area (Å²) in [6.45, 7) is 6.24. The lowest BCUT2D eigenvalue weighted by Crippen LogP contribution is -2.23. The van der Waals surface area contributed by atoms with Gasteiger partial charge in [0, 0.05) is 42.3 Å². The molecule has 0 saturated heterocycles. The number of pyridine rings is 2. The Morgan fingerprint density at radius 3 is 2.59 bits per heavy atom. The Morgan fingerprint density at radius 1 is 1.06 bits per heavy atom. The fourth-order valence-corrected chi connectivity index (χ4v) is 4.09. The van der Waals surface area contributed by atoms with E-state index in [0.717, 1.165) is 33.4 Å². The highest BCUT2D eigenvalue weighted by Crippen LogP contribution is 2.28. The fraction of sp³-hybridized carbons (Fsp3) is 0.185. The van der Waals surface area contributed by atoms with E-state index in [0.29, 0.717) is 17.9 Å². The predicted molar refractivity (Wildman–Crippen MR) is 133 cm³/mol. The molecule has 0 spiro atoms. The van der Waals surface area contributed by atoms with E-state index in [-0.39, 0.29) is 5.69 Å². The zero-order chi connectivity index (χ0) is 23.9. The second kappa shape index (κ2) is 8.16. The minimum Gasteiger partial charge on any atom is -0.346 e. The quantitative estimate of drug-likeness (QED) is 0.406. The molecule has 168 valence electrons. The minimum absolute atomic E-state index is 0.132. The van der Waals surface area contributed by atoms with Crippen LogP contribution < -0.4 is 5.69 Å². The summed E-state index contributed by atoms with van der Waals surface area (Å²) < 4.78 is 3.34. The summed E-state index contributed by atoms with van der Waals surface area (Å²) in [5.74, 6) is 0. The van der Waals surface area contributed by atoms with Gasteiger partial charge in [-0.1, -0.05) is 12.1 Å². The first kappa shape index (κ1) is 21.4. The molecule has 0 amide bonds. The number of aromatic amines is 1. The van der Waals surface area contributed by atoms with Gasteiger partial charge in [0.25, 0.3) is 0 Å². The van der Waals surface area contributed by atoms with Crippen molar-refractivity contribution in [3.05, 3.63) is 89.4 Å². The van der Waals surface area contributed by atoms with E-state index in [9.17, 15) is 10.1 Å². The normalized spacial score (nSPS) is 11.6. The van der Waals surface area contributed by atoms with Crippen LogP contribution in [0.4, 0.5) is 0 Å². The standard InChI is InChI=1S/C27H24N6O/c1-4-32-16-24(33(26(32)34)22-7-5-21(6-8-22)27(2,3)17-28)23-14-18(9-11-29-23)20-13-19-10-12-30-25(19)31-15-20/h5-16H,4H2,1-3H3,(H,30,31). The molecule has 1 N–H and O–H groups in total. The van der Waals surface area contributed by atoms with E-state index < -0.39 is 5.41 Å². The maximum atomic E-state index is 13.2. The van der Waals surface area contributed by atoms with Crippen LogP contribution in [-0.2, 0) is 12.0 Å². The topological polar surface area (TPSA) is 92.3 Å². The second-order valence-electron chi connectivity index (χ2n) is 8.77. The Bertz CT molecular complexity index is 1590. The number of aryl methyl sites for hydroxylation is 1. The van der Waals surface area contributed by atoms with Crippen LogP contribution in [0.2, 0.25) is 0 Å². The Morgan fingerprint density at radius 2 is 1.85 bits per heavy atom. The Balaban J connectivity index is 1.62. The van der Waals surface area contributed by atoms with Gasteiger partial charge in [-0.2, -0.15) is 5.26 Å². The van der Waals surface area contributed by atoms with Crippen LogP contribution in [0.25, 0.3) is 39.2 Å². The van der Waals surface area contributed by atoms with Gasteiger partial charge in [-0.3, -0.25) is 14.1 Å². The highest BCUT2D eigenvalue weighted by atomic mass is 16.1. The van der Waals surface area contributed by atoms with E-state index in [1.807, 2.05) is 81.8 Å². The van der Waals surface area contributed by atoms with Gasteiger partial charge in [0.2, 0.25) is 0 Å². The first-order chi connectivity index (χ1) is 16.4. The molecule has 0 aliphatic rings. The van der Waals surface area contributed by atoms with E-state index in [1.54, 1.807) is 15.3 Å². The molecule has 0 unspecified atom stereocenters. The molecule has 0 radical (unpaired) electrons. The van der Waals surface area contributed by atoms with E-state index >= 15 is 0 Å². The molecule has 0 bridgehead atoms. The number of fused-ring (bicyclic) bond motifs is 1. The van der Waals surface area contributed by atoms with Crippen molar-refractivity contribution in [2.75, 3.05) is 0 Å². The van der Waals surface area contributed by atoms with Gasteiger partial charge in [0.05, 0.1) is 28.6 Å². The third kappa shape index (κ3) is 3.59. The zero-order valence-corrected chi connectivity index (χ0v) is 19.3. The number of nitrogens with zero attached hydrogens (tertiary/aromatic N) is 5. The molecular weight excluding hydrogens is 424 g/mol. The molecule has 0 atom stereocenters. The average molecular weight is 449 g/mol. The molecule has 5 rings (SSSR count). The van der Waals surface area contributed by atoms with Gasteiger partial charge >= 0.3 is 5.69 Å². The summed E-state index contributed by atoms with van der Waals surface area (Å²) in [5.41, 5.74) is 5.07. The maximum absolute atomic E-state index is 13.2. The zero-order valence-electron chi connectivity index (χ0n) is 19.3. The molecular formula is C27H24N6O. The second-order valence-corrected chi connectivity index (χ2v) is 8.77. The lowest BCUT2D eigenvalue weighted by atomic mass is 9.86. The van der Waals surface area contributed by atoms with Crippen molar-refractivity contribution < 1.29 is 0 Å². The predicted octanol–water partition coefficient (Wildman–Crippen LogP) is 5.07. The molecule has 0 saturated carbocycles. The average Bonchev–Trinajstić information content (AvgIpc) is 3.47. The van der Waals surface area contributed by atoms with Gasteiger partial charge < -0.3 is 4.98 Å². The summed E-state index contributed by atoms with van der Waals surface area (Å²) in [6, 6.07) is 17.9. The first-order valence-corrected chi connectivity index (χ1v) is 11.2. The Kier molecular flexibility index (Phi) is 5.14. The van der Waals surface area contributed by atoms with Crippen molar-refractivity contribution in [1.82, 2.24) is 24.1 Å². The van der Waals surface area contributed by atoms with Crippen LogP contribution in [0, 0.1) is 11.3 Å². The SMILES string of the molecule is CCn1cc(-c2cc(-c3cnc4[nH]ccc4c3)ccn2)n(-c2ccc(C(C)(C)C#N)cc2)c1=O. The first-order valence-electron chi connectivity index (χ1n) is 11.2. The van der Waals surface area contributed by atoms with Crippen molar-refractivity contribution in [2.45, 2.75) is 32.7 Å². The van der Waals surface area contributed by atoms with Gasteiger partial charge in [0.1, 0.15) is 5.65 Å². The Hall–Kier alpha value is -4.44. The van der Waals surface area contributed by atoms with Gasteiger partial charge in [-0.15, -0.1) is 0 Å². The van der Waals surface area contributed by atoms with E-state index in [4.69, 9.17) is 0 Å². The molecule has 7 nitrogen and oxygen atoms in total. The van der Waals surface area contributed by atoms with E-state index in [1.165, 1.54) is 0 Å². The van der Waals surface area contributed by atoms with Crippen molar-refractivity contribution in [1.29, 1.82) is 5.26 Å². The van der Waals surface area contributed by atoms with Crippen LogP contribution in [0.15, 0.2) is 78.1 Å². The van der Waals surface area contributed by atoms with E-state index in [2.05, 4.69) is 27.1 Å². The molecule has 0 aliphatic heterocycles. The third-order valence-corrected chi connectivity index (χ3v) is 6.18. The van der Waals surface area contributed by atoms with Gasteiger partial charge in [0.15, 0.2) is 0 Å². The van der Waals surface area contributed by atoms with Crippen LogP contribution in [-0.4, -0.2) is 24.1 Å². The molecule has 4 heterocycles. The van der Waals surface area contributed by atoms with Gasteiger partial charge in [-0.05, 0) is 68.3 Å². The summed E-state index contributed by atoms with van der Waals surface area (Å²) in [4.78, 5) is 25.4. The minimum atomic E-state index is -0.605. The lowest BCUT2D eigenvalue weighted by molar-refractivity contribution is 0.686. The highest BCUT2D eigenvalue weighted by molar-refractivity contribution is 5.82. The molecule has 34 heavy (non-hydrogen) atoms. The Labute approximate surface area is 197 Å². The van der Waals surface area contributed by atoms with Crippen molar-refractivity contribution in [2.24, 2.45) is 0 Å². The third-order valence-electron chi connectivity index (χ3n) is 6.18. The summed E-state index contributed by atoms with van der Waals surface area (Å²) in [6.07, 6.45) is 7.30. The van der Waals surface area contributed by atoms with Crippen LogP contribution in [0.1, 0.15) is 26.3 Å². The van der Waals surface area contributed by atoms with Crippen molar-refractivity contribution in [3.8, 4) is 34.3 Å². The van der Waals surface area contributed by atoms with Crippen molar-refractivity contribution >= 4 is 11.0 Å². The monoisotopic (exact) mass is 448 g/mol. The number of rotatable bonds is 5. The van der Waals surface area contributed by atoms with Crippen LogP contribution in [0.5, 0.6) is 0 Å². The molecule has 5 aromatic rings. The molecule has 4 aromatic heterocycles. The summed E-state index contributed by atoms with van der Waals surface area (Å²) in [5, 5.41) is 10.5. The summed E-state index contributed by atoms with van der Waals surface area (Å²) in [7, 11) is 0. The van der Waals surface area contributed by atoms with Crippen LogP contribution in [0.3, 0.4) is 0 Å². The fourth-order valence-electron chi connectivity index (χ4n) is 4.09. The number of hydrogen-bond acceptors (Lipinski definition) is 4. The lowest BCUT2D eigenvalue weighted by Gasteiger charge is -2.16.